The van der Waals surface area contributed by atoms with Crippen LogP contribution < -0.4 is 18.1 Å². The molecule has 0 saturated carbocycles. The maximum Gasteiger partial charge on any atom is 0.404 e. The SMILES string of the molecule is CCOP1(Oc2ccccc2C)=NP(OCC)(Oc2ccccc2C)=NP(OCC)(Oc2ccccc2C)=NP(OCC)(Oc2ccccc2C)=N1. The van der Waals surface area contributed by atoms with Crippen LogP contribution in [-0.2, 0) is 18.1 Å². The Bertz CT molecular complexity index is 1770. The molecule has 4 aromatic rings. The van der Waals surface area contributed by atoms with E-state index < -0.39 is 30.6 Å². The van der Waals surface area contributed by atoms with E-state index >= 15 is 0 Å². The van der Waals surface area contributed by atoms with Crippen LogP contribution >= 0.6 is 30.6 Å². The van der Waals surface area contributed by atoms with Crippen molar-refractivity contribution in [1.82, 2.24) is 0 Å². The van der Waals surface area contributed by atoms with Crippen LogP contribution in [0.3, 0.4) is 0 Å². The molecule has 1 aliphatic rings. The first-order valence-corrected chi connectivity index (χ1v) is 23.3. The zero-order valence-electron chi connectivity index (χ0n) is 30.9. The first-order chi connectivity index (χ1) is 25.0. The lowest BCUT2D eigenvalue weighted by Crippen LogP contribution is -2.08. The van der Waals surface area contributed by atoms with Crippen molar-refractivity contribution in [3.05, 3.63) is 119 Å². The predicted molar refractivity (Wildman–Crippen MR) is 211 cm³/mol. The van der Waals surface area contributed by atoms with Crippen molar-refractivity contribution >= 4 is 30.6 Å². The van der Waals surface area contributed by atoms with Crippen molar-refractivity contribution in [1.29, 1.82) is 0 Å². The van der Waals surface area contributed by atoms with Gasteiger partial charge in [0, 0.05) is 0 Å². The average Bonchev–Trinajstić information content (AvgIpc) is 3.09. The van der Waals surface area contributed by atoms with Crippen LogP contribution in [0.2, 0.25) is 0 Å². The lowest BCUT2D eigenvalue weighted by atomic mass is 10.2. The molecule has 0 spiro atoms. The summed E-state index contributed by atoms with van der Waals surface area (Å²) in [6, 6.07) is 30.2. The molecular weight excluding hydrogens is 740 g/mol. The van der Waals surface area contributed by atoms with E-state index in [1.54, 1.807) is 0 Å². The number of benzene rings is 4. The van der Waals surface area contributed by atoms with Crippen LogP contribution in [0.25, 0.3) is 0 Å². The molecular formula is C36H48N4O8P4. The minimum atomic E-state index is -3.92. The Morgan fingerprint density at radius 3 is 0.712 bits per heavy atom. The standard InChI is InChI=1S/C36H48N4O8P4/c1-9-41-49(45-33-25-17-13-21-29(33)5)37-50(42-10-2,46-34-26-18-14-22-30(34)6)39-52(44-12-4,48-36-28-20-16-24-32(36)8)40-51(38-49,43-11-3)47-35-27-19-15-23-31(35)7/h13-28H,9-12H2,1-8H3. The summed E-state index contributed by atoms with van der Waals surface area (Å²) >= 11 is 0. The number of hydrogen-bond acceptors (Lipinski definition) is 12. The molecule has 12 nitrogen and oxygen atoms in total. The number of hydrogen-bond donors (Lipinski definition) is 0. The molecule has 16 heteroatoms. The van der Waals surface area contributed by atoms with Gasteiger partial charge in [-0.15, -0.1) is 18.1 Å². The van der Waals surface area contributed by atoms with Crippen LogP contribution in [0, 0.1) is 27.7 Å². The number of nitrogens with zero attached hydrogens (tertiary/aromatic N) is 4. The van der Waals surface area contributed by atoms with Crippen molar-refractivity contribution in [2.45, 2.75) is 55.4 Å². The van der Waals surface area contributed by atoms with E-state index in [1.165, 1.54) is 0 Å². The minimum absolute atomic E-state index is 0.158. The summed E-state index contributed by atoms with van der Waals surface area (Å²) in [5.74, 6) is 1.98. The maximum absolute atomic E-state index is 6.86. The first kappa shape index (κ1) is 40.0. The van der Waals surface area contributed by atoms with Gasteiger partial charge in [0.25, 0.3) is 0 Å². The molecule has 0 saturated heterocycles. The molecule has 280 valence electrons. The van der Waals surface area contributed by atoms with Gasteiger partial charge in [-0.05, 0) is 102 Å². The minimum Gasteiger partial charge on any atom is -0.422 e. The van der Waals surface area contributed by atoms with Gasteiger partial charge in [-0.3, -0.25) is 18.1 Å². The Labute approximate surface area is 308 Å². The fourth-order valence-corrected chi connectivity index (χ4v) is 17.6. The van der Waals surface area contributed by atoms with Crippen molar-refractivity contribution in [3.63, 3.8) is 0 Å². The van der Waals surface area contributed by atoms with Crippen molar-refractivity contribution in [2.24, 2.45) is 18.1 Å². The van der Waals surface area contributed by atoms with Crippen LogP contribution in [0.15, 0.2) is 115 Å². The van der Waals surface area contributed by atoms with Gasteiger partial charge in [-0.1, -0.05) is 72.8 Å². The normalized spacial score (nSPS) is 24.2. The molecule has 0 unspecified atom stereocenters. The van der Waals surface area contributed by atoms with Gasteiger partial charge in [0.15, 0.2) is 0 Å². The Balaban J connectivity index is 1.99. The van der Waals surface area contributed by atoms with E-state index in [1.807, 2.05) is 152 Å². The molecule has 0 atom stereocenters. The summed E-state index contributed by atoms with van der Waals surface area (Å²) in [6.45, 7) is 15.7. The smallest absolute Gasteiger partial charge is 0.404 e. The van der Waals surface area contributed by atoms with E-state index in [9.17, 15) is 0 Å². The molecule has 4 aromatic carbocycles. The fourth-order valence-electron chi connectivity index (χ4n) is 4.92. The van der Waals surface area contributed by atoms with Crippen molar-refractivity contribution in [2.75, 3.05) is 26.4 Å². The summed E-state index contributed by atoms with van der Waals surface area (Å²) in [5, 5.41) is 0. The number of rotatable bonds is 16. The predicted octanol–water partition coefficient (Wildman–Crippen LogP) is 13.5. The van der Waals surface area contributed by atoms with Crippen LogP contribution in [0.5, 0.6) is 23.0 Å². The van der Waals surface area contributed by atoms with E-state index in [-0.39, 0.29) is 26.4 Å². The van der Waals surface area contributed by atoms with Gasteiger partial charge < -0.3 is 18.1 Å². The lowest BCUT2D eigenvalue weighted by molar-refractivity contribution is 0.300. The highest BCUT2D eigenvalue weighted by atomic mass is 31.3. The first-order valence-electron chi connectivity index (χ1n) is 17.2. The lowest BCUT2D eigenvalue weighted by Gasteiger charge is -2.33. The molecule has 5 rings (SSSR count). The van der Waals surface area contributed by atoms with E-state index in [2.05, 4.69) is 0 Å². The highest BCUT2D eigenvalue weighted by molar-refractivity contribution is 7.79. The average molecular weight is 789 g/mol. The zero-order valence-corrected chi connectivity index (χ0v) is 34.5. The summed E-state index contributed by atoms with van der Waals surface area (Å²) in [5.41, 5.74) is 3.34. The summed E-state index contributed by atoms with van der Waals surface area (Å²) in [4.78, 5) is 0. The van der Waals surface area contributed by atoms with Gasteiger partial charge in [-0.2, -0.15) is 0 Å². The quantitative estimate of drug-likeness (QED) is 0.103. The highest BCUT2D eigenvalue weighted by Crippen LogP contribution is 2.80. The Hall–Kier alpha value is -3.16. The summed E-state index contributed by atoms with van der Waals surface area (Å²) in [7, 11) is -15.7. The zero-order chi connectivity index (χ0) is 37.2. The fraction of sp³-hybridized carbons (Fsp3) is 0.333. The third-order valence-corrected chi connectivity index (χ3v) is 18.7. The molecule has 0 amide bonds. The number of aryl methyl sites for hydroxylation is 4. The largest absolute Gasteiger partial charge is 0.422 e. The van der Waals surface area contributed by atoms with Crippen molar-refractivity contribution < 1.29 is 36.2 Å². The second-order valence-corrected chi connectivity index (χ2v) is 20.0. The van der Waals surface area contributed by atoms with Gasteiger partial charge >= 0.3 is 30.6 Å². The Morgan fingerprint density at radius 2 is 0.538 bits per heavy atom. The molecule has 0 fully saturated rings. The molecule has 0 radical (unpaired) electrons. The molecule has 1 aliphatic heterocycles. The van der Waals surface area contributed by atoms with E-state index in [0.29, 0.717) is 23.0 Å². The van der Waals surface area contributed by atoms with Gasteiger partial charge in [-0.25, -0.2) is 0 Å². The van der Waals surface area contributed by atoms with Crippen LogP contribution in [0.1, 0.15) is 49.9 Å². The molecule has 1 heterocycles. The van der Waals surface area contributed by atoms with E-state index in [0.717, 1.165) is 22.3 Å². The van der Waals surface area contributed by atoms with Crippen LogP contribution in [0.4, 0.5) is 0 Å². The van der Waals surface area contributed by atoms with Gasteiger partial charge in [0.05, 0.1) is 26.4 Å². The topological polar surface area (TPSA) is 123 Å². The third kappa shape index (κ3) is 9.68. The number of para-hydroxylation sites is 4. The highest BCUT2D eigenvalue weighted by Gasteiger charge is 2.46. The van der Waals surface area contributed by atoms with E-state index in [4.69, 9.17) is 54.3 Å². The maximum atomic E-state index is 6.86. The van der Waals surface area contributed by atoms with Crippen molar-refractivity contribution in [3.8, 4) is 23.0 Å². The Morgan fingerprint density at radius 1 is 0.346 bits per heavy atom. The molecule has 0 N–H and O–H groups in total. The molecule has 52 heavy (non-hydrogen) atoms. The summed E-state index contributed by atoms with van der Waals surface area (Å²) in [6.07, 6.45) is 0. The molecule has 0 aliphatic carbocycles. The molecule has 0 aromatic heterocycles. The Kier molecular flexibility index (Phi) is 13.7. The molecule has 0 bridgehead atoms. The monoisotopic (exact) mass is 788 g/mol. The third-order valence-electron chi connectivity index (χ3n) is 7.34. The van der Waals surface area contributed by atoms with Gasteiger partial charge in [0.2, 0.25) is 0 Å². The second-order valence-electron chi connectivity index (χ2n) is 11.4. The second kappa shape index (κ2) is 17.8. The summed E-state index contributed by atoms with van der Waals surface area (Å²) < 4.78 is 74.9. The van der Waals surface area contributed by atoms with Crippen LogP contribution in [-0.4, -0.2) is 26.4 Å². The van der Waals surface area contributed by atoms with Gasteiger partial charge in [0.1, 0.15) is 23.0 Å².